The van der Waals surface area contributed by atoms with Crippen molar-refractivity contribution in [3.8, 4) is 6.07 Å². The van der Waals surface area contributed by atoms with Crippen molar-refractivity contribution < 1.29 is 28.6 Å². The molecule has 0 radical (unpaired) electrons. The van der Waals surface area contributed by atoms with Gasteiger partial charge in [-0.25, -0.2) is 14.4 Å². The Labute approximate surface area is 164 Å². The van der Waals surface area contributed by atoms with Gasteiger partial charge in [-0.15, -0.1) is 0 Å². The Kier molecular flexibility index (Phi) is 7.75. The van der Waals surface area contributed by atoms with E-state index in [1.807, 2.05) is 20.8 Å². The number of hydrogen-bond acceptors (Lipinski definition) is 8. The van der Waals surface area contributed by atoms with Gasteiger partial charge in [0.05, 0.1) is 32.0 Å². The lowest BCUT2D eigenvalue weighted by atomic mass is 9.83. The van der Waals surface area contributed by atoms with E-state index in [1.54, 1.807) is 13.0 Å². The monoisotopic (exact) mass is 388 g/mol. The number of methoxy groups -OCH3 is 2. The minimum Gasteiger partial charge on any atom is -0.465 e. The topological polar surface area (TPSA) is 115 Å². The Morgan fingerprint density at radius 1 is 1.11 bits per heavy atom. The summed E-state index contributed by atoms with van der Waals surface area (Å²) in [6, 6.07) is 4.72. The first-order valence-corrected chi connectivity index (χ1v) is 8.49. The molecule has 1 aromatic carbocycles. The lowest BCUT2D eigenvalue weighted by Gasteiger charge is -2.24. The summed E-state index contributed by atoms with van der Waals surface area (Å²) < 4.78 is 14.3. The van der Waals surface area contributed by atoms with E-state index in [-0.39, 0.29) is 23.3 Å². The number of esters is 3. The quantitative estimate of drug-likeness (QED) is 0.342. The number of benzene rings is 1. The van der Waals surface area contributed by atoms with Crippen molar-refractivity contribution >= 4 is 23.6 Å². The van der Waals surface area contributed by atoms with Gasteiger partial charge in [0.15, 0.2) is 5.57 Å². The molecule has 1 rings (SSSR count). The Balaban J connectivity index is 3.59. The normalized spacial score (nSPS) is 11.2. The molecule has 0 aliphatic rings. The molecule has 1 aromatic rings. The van der Waals surface area contributed by atoms with Gasteiger partial charge in [-0.05, 0) is 30.0 Å². The van der Waals surface area contributed by atoms with E-state index in [2.05, 4.69) is 5.32 Å². The SMILES string of the molecule is CCOC(=O)/C(C#N)=C/Nc1cc(C(=O)OC)c(C(=O)OC)cc1C(C)(C)C. The molecule has 1 N–H and O–H groups in total. The molecule has 0 amide bonds. The number of ether oxygens (including phenoxy) is 3. The van der Waals surface area contributed by atoms with Crippen molar-refractivity contribution in [2.45, 2.75) is 33.1 Å². The summed E-state index contributed by atoms with van der Waals surface area (Å²) in [4.78, 5) is 36.1. The van der Waals surface area contributed by atoms with Crippen LogP contribution in [0.4, 0.5) is 5.69 Å². The number of nitriles is 1. The highest BCUT2D eigenvalue weighted by atomic mass is 16.5. The lowest BCUT2D eigenvalue weighted by Crippen LogP contribution is -2.19. The minimum atomic E-state index is -0.769. The zero-order valence-corrected chi connectivity index (χ0v) is 16.8. The van der Waals surface area contributed by atoms with Crippen molar-refractivity contribution in [1.82, 2.24) is 0 Å². The summed E-state index contributed by atoms with van der Waals surface area (Å²) in [5.41, 5.74) is 0.464. The first-order valence-electron chi connectivity index (χ1n) is 8.49. The van der Waals surface area contributed by atoms with Gasteiger partial charge >= 0.3 is 17.9 Å². The van der Waals surface area contributed by atoms with Crippen molar-refractivity contribution in [2.75, 3.05) is 26.1 Å². The number of rotatable bonds is 6. The molecule has 0 aliphatic heterocycles. The van der Waals surface area contributed by atoms with Crippen LogP contribution in [0.15, 0.2) is 23.9 Å². The minimum absolute atomic E-state index is 0.00658. The first-order chi connectivity index (χ1) is 13.1. The fourth-order valence-electron chi connectivity index (χ4n) is 2.39. The van der Waals surface area contributed by atoms with Gasteiger partial charge in [-0.1, -0.05) is 20.8 Å². The van der Waals surface area contributed by atoms with Crippen molar-refractivity contribution in [3.05, 3.63) is 40.6 Å². The van der Waals surface area contributed by atoms with E-state index in [0.29, 0.717) is 11.3 Å². The lowest BCUT2D eigenvalue weighted by molar-refractivity contribution is -0.138. The van der Waals surface area contributed by atoms with E-state index in [1.165, 1.54) is 32.6 Å². The Hall–Kier alpha value is -3.34. The van der Waals surface area contributed by atoms with E-state index in [4.69, 9.17) is 19.5 Å². The predicted octanol–water partition coefficient (Wildman–Crippen LogP) is 2.94. The number of nitrogens with one attached hydrogen (secondary N) is 1. The molecule has 0 spiro atoms. The molecule has 0 bridgehead atoms. The molecule has 0 aromatic heterocycles. The zero-order chi connectivity index (χ0) is 21.5. The van der Waals surface area contributed by atoms with Crippen LogP contribution >= 0.6 is 0 Å². The van der Waals surface area contributed by atoms with E-state index in [9.17, 15) is 14.4 Å². The highest BCUT2D eigenvalue weighted by Gasteiger charge is 2.26. The van der Waals surface area contributed by atoms with Gasteiger partial charge in [-0.2, -0.15) is 5.26 Å². The fraction of sp³-hybridized carbons (Fsp3) is 0.400. The third-order valence-corrected chi connectivity index (χ3v) is 3.76. The molecule has 0 heterocycles. The molecule has 8 heteroatoms. The maximum Gasteiger partial charge on any atom is 0.350 e. The second kappa shape index (κ2) is 9.55. The molecule has 0 unspecified atom stereocenters. The maximum absolute atomic E-state index is 12.2. The number of anilines is 1. The number of hydrogen-bond donors (Lipinski definition) is 1. The standard InChI is InChI=1S/C20H24N2O6/c1-7-28-17(23)12(10-21)11-22-16-9-14(19(25)27-6)13(18(24)26-5)8-15(16)20(2,3)4/h8-9,11,22H,7H2,1-6H3/b12-11+. The average molecular weight is 388 g/mol. The van der Waals surface area contributed by atoms with Gasteiger partial charge in [0.1, 0.15) is 6.07 Å². The molecule has 150 valence electrons. The molecule has 0 aliphatic carbocycles. The predicted molar refractivity (Wildman–Crippen MR) is 102 cm³/mol. The second-order valence-electron chi connectivity index (χ2n) is 6.71. The van der Waals surface area contributed by atoms with Crippen LogP contribution in [0, 0.1) is 11.3 Å². The van der Waals surface area contributed by atoms with Crippen molar-refractivity contribution in [2.24, 2.45) is 0 Å². The summed E-state index contributed by atoms with van der Waals surface area (Å²) >= 11 is 0. The number of nitrogens with zero attached hydrogens (tertiary/aromatic N) is 1. The van der Waals surface area contributed by atoms with Crippen LogP contribution in [-0.2, 0) is 24.4 Å². The summed E-state index contributed by atoms with van der Waals surface area (Å²) in [5.74, 6) is -2.18. The summed E-state index contributed by atoms with van der Waals surface area (Å²) in [6.45, 7) is 7.49. The summed E-state index contributed by atoms with van der Waals surface area (Å²) in [6.07, 6.45) is 1.20. The van der Waals surface area contributed by atoms with Crippen molar-refractivity contribution in [1.29, 1.82) is 5.26 Å². The average Bonchev–Trinajstić information content (AvgIpc) is 2.66. The third kappa shape index (κ3) is 5.33. The van der Waals surface area contributed by atoms with Crippen LogP contribution in [0.3, 0.4) is 0 Å². The molecular weight excluding hydrogens is 364 g/mol. The van der Waals surface area contributed by atoms with E-state index in [0.717, 1.165) is 0 Å². The smallest absolute Gasteiger partial charge is 0.350 e. The summed E-state index contributed by atoms with van der Waals surface area (Å²) in [5, 5.41) is 12.0. The Bertz CT molecular complexity index is 843. The van der Waals surface area contributed by atoms with Crippen LogP contribution in [0.1, 0.15) is 54.0 Å². The van der Waals surface area contributed by atoms with Crippen LogP contribution in [0.5, 0.6) is 0 Å². The molecule has 0 saturated carbocycles. The Morgan fingerprint density at radius 2 is 1.64 bits per heavy atom. The molecule has 0 saturated heterocycles. The van der Waals surface area contributed by atoms with Gasteiger partial charge < -0.3 is 19.5 Å². The largest absolute Gasteiger partial charge is 0.465 e. The summed E-state index contributed by atoms with van der Waals surface area (Å²) in [7, 11) is 2.41. The fourth-order valence-corrected chi connectivity index (χ4v) is 2.39. The highest BCUT2D eigenvalue weighted by Crippen LogP contribution is 2.33. The number of carbonyl (C=O) groups is 3. The van der Waals surface area contributed by atoms with E-state index >= 15 is 0 Å². The van der Waals surface area contributed by atoms with Gasteiger partial charge in [0.25, 0.3) is 0 Å². The molecule has 0 atom stereocenters. The van der Waals surface area contributed by atoms with Gasteiger partial charge in [0.2, 0.25) is 0 Å². The molecule has 28 heavy (non-hydrogen) atoms. The molecule has 8 nitrogen and oxygen atoms in total. The van der Waals surface area contributed by atoms with Crippen molar-refractivity contribution in [3.63, 3.8) is 0 Å². The Morgan fingerprint density at radius 3 is 2.07 bits per heavy atom. The van der Waals surface area contributed by atoms with Crippen LogP contribution < -0.4 is 5.32 Å². The first kappa shape index (κ1) is 22.7. The number of carbonyl (C=O) groups excluding carboxylic acids is 3. The highest BCUT2D eigenvalue weighted by molar-refractivity contribution is 6.04. The third-order valence-electron chi connectivity index (χ3n) is 3.76. The maximum atomic E-state index is 12.2. The van der Waals surface area contributed by atoms with Gasteiger partial charge in [0, 0.05) is 11.9 Å². The van der Waals surface area contributed by atoms with Crippen LogP contribution in [-0.4, -0.2) is 38.7 Å². The van der Waals surface area contributed by atoms with Crippen LogP contribution in [0.25, 0.3) is 0 Å². The molecular formula is C20H24N2O6. The molecule has 0 fully saturated rings. The second-order valence-corrected chi connectivity index (χ2v) is 6.71. The van der Waals surface area contributed by atoms with Crippen LogP contribution in [0.2, 0.25) is 0 Å². The van der Waals surface area contributed by atoms with Gasteiger partial charge in [-0.3, -0.25) is 0 Å². The zero-order valence-electron chi connectivity index (χ0n) is 16.8. The van der Waals surface area contributed by atoms with E-state index < -0.39 is 23.3 Å².